The lowest BCUT2D eigenvalue weighted by Crippen LogP contribution is -2.03. The van der Waals surface area contributed by atoms with E-state index in [1.807, 2.05) is 31.2 Å². The van der Waals surface area contributed by atoms with Crippen LogP contribution < -0.4 is 0 Å². The van der Waals surface area contributed by atoms with E-state index in [1.165, 1.54) is 0 Å². The Balaban J connectivity index is 1.69. The van der Waals surface area contributed by atoms with Crippen molar-refractivity contribution in [1.29, 1.82) is 0 Å². The van der Waals surface area contributed by atoms with E-state index >= 15 is 0 Å². The van der Waals surface area contributed by atoms with Gasteiger partial charge in [-0.15, -0.1) is 0 Å². The molecule has 0 atom stereocenters. The van der Waals surface area contributed by atoms with Crippen molar-refractivity contribution >= 4 is 17.1 Å². The number of aryl methyl sites for hydroxylation is 1. The van der Waals surface area contributed by atoms with Crippen molar-refractivity contribution in [3.8, 4) is 0 Å². The van der Waals surface area contributed by atoms with Crippen molar-refractivity contribution in [2.75, 3.05) is 6.61 Å². The van der Waals surface area contributed by atoms with E-state index in [4.69, 9.17) is 9.15 Å². The largest absolute Gasteiger partial charge is 0.466 e. The molecule has 0 amide bonds. The summed E-state index contributed by atoms with van der Waals surface area (Å²) >= 11 is 0. The first-order chi connectivity index (χ1) is 9.29. The van der Waals surface area contributed by atoms with Crippen LogP contribution in [0.1, 0.15) is 38.5 Å². The molecule has 0 aliphatic heterocycles. The Hall–Kier alpha value is -1.84. The van der Waals surface area contributed by atoms with Crippen LogP contribution in [0.4, 0.5) is 0 Å². The normalized spacial score (nSPS) is 10.8. The number of benzene rings is 1. The molecule has 102 valence electrons. The topological polar surface area (TPSA) is 52.3 Å². The van der Waals surface area contributed by atoms with Crippen LogP contribution in [-0.2, 0) is 16.0 Å². The Kier molecular flexibility index (Phi) is 4.95. The van der Waals surface area contributed by atoms with Gasteiger partial charge in [-0.3, -0.25) is 4.79 Å². The molecule has 0 N–H and O–H groups in total. The van der Waals surface area contributed by atoms with Gasteiger partial charge in [-0.25, -0.2) is 4.98 Å². The molecule has 0 spiro atoms. The second kappa shape index (κ2) is 6.92. The maximum atomic E-state index is 11.1. The van der Waals surface area contributed by atoms with Gasteiger partial charge in [-0.2, -0.15) is 0 Å². The van der Waals surface area contributed by atoms with Crippen molar-refractivity contribution in [2.24, 2.45) is 0 Å². The zero-order valence-corrected chi connectivity index (χ0v) is 11.2. The second-order valence-corrected chi connectivity index (χ2v) is 4.44. The third kappa shape index (κ3) is 4.09. The summed E-state index contributed by atoms with van der Waals surface area (Å²) in [6.07, 6.45) is 4.14. The van der Waals surface area contributed by atoms with Gasteiger partial charge in [0.2, 0.25) is 0 Å². The average molecular weight is 261 g/mol. The highest BCUT2D eigenvalue weighted by atomic mass is 16.5. The summed E-state index contributed by atoms with van der Waals surface area (Å²) < 4.78 is 10.5. The maximum Gasteiger partial charge on any atom is 0.305 e. The number of rotatable bonds is 7. The highest BCUT2D eigenvalue weighted by molar-refractivity contribution is 5.72. The summed E-state index contributed by atoms with van der Waals surface area (Å²) in [6, 6.07) is 7.76. The van der Waals surface area contributed by atoms with E-state index in [0.717, 1.165) is 42.7 Å². The Bertz CT molecular complexity index is 500. The average Bonchev–Trinajstić information content (AvgIpc) is 2.81. The number of oxazole rings is 1. The molecule has 0 aliphatic carbocycles. The lowest BCUT2D eigenvalue weighted by molar-refractivity contribution is -0.143. The molecule has 1 aromatic carbocycles. The van der Waals surface area contributed by atoms with E-state index in [2.05, 4.69) is 4.98 Å². The van der Waals surface area contributed by atoms with E-state index < -0.39 is 0 Å². The molecule has 1 aromatic heterocycles. The van der Waals surface area contributed by atoms with Crippen LogP contribution in [0.15, 0.2) is 28.7 Å². The van der Waals surface area contributed by atoms with Crippen LogP contribution in [0.5, 0.6) is 0 Å². The smallest absolute Gasteiger partial charge is 0.305 e. The minimum atomic E-state index is -0.107. The van der Waals surface area contributed by atoms with Crippen molar-refractivity contribution < 1.29 is 13.9 Å². The van der Waals surface area contributed by atoms with Crippen LogP contribution in [-0.4, -0.2) is 17.6 Å². The minimum Gasteiger partial charge on any atom is -0.466 e. The number of ether oxygens (including phenoxy) is 1. The molecule has 19 heavy (non-hydrogen) atoms. The number of hydrogen-bond donors (Lipinski definition) is 0. The quantitative estimate of drug-likeness (QED) is 0.565. The van der Waals surface area contributed by atoms with E-state index in [9.17, 15) is 4.79 Å². The Labute approximate surface area is 112 Å². The molecule has 0 aliphatic rings. The summed E-state index contributed by atoms with van der Waals surface area (Å²) in [5.41, 5.74) is 1.74. The predicted molar refractivity (Wildman–Crippen MR) is 72.8 cm³/mol. The molecule has 4 nitrogen and oxygen atoms in total. The van der Waals surface area contributed by atoms with Crippen LogP contribution in [0.2, 0.25) is 0 Å². The number of carbonyl (C=O) groups is 1. The first kappa shape index (κ1) is 13.6. The fraction of sp³-hybridized carbons (Fsp3) is 0.467. The first-order valence-electron chi connectivity index (χ1n) is 6.79. The molecule has 2 aromatic rings. The van der Waals surface area contributed by atoms with Crippen LogP contribution in [0.25, 0.3) is 11.1 Å². The molecular weight excluding hydrogens is 242 g/mol. The highest BCUT2D eigenvalue weighted by Gasteiger charge is 2.05. The SMILES string of the molecule is CCOC(=O)CCCCCc1nc2ccccc2o1. The number of nitrogens with zero attached hydrogens (tertiary/aromatic N) is 1. The van der Waals surface area contributed by atoms with Gasteiger partial charge in [0, 0.05) is 12.8 Å². The van der Waals surface area contributed by atoms with Crippen LogP contribution in [0, 0.1) is 0 Å². The number of unbranched alkanes of at least 4 members (excludes halogenated alkanes) is 2. The summed E-state index contributed by atoms with van der Waals surface area (Å²) in [5.74, 6) is 0.668. The lowest BCUT2D eigenvalue weighted by atomic mass is 10.1. The lowest BCUT2D eigenvalue weighted by Gasteiger charge is -2.00. The number of carbonyl (C=O) groups excluding carboxylic acids is 1. The van der Waals surface area contributed by atoms with Gasteiger partial charge in [0.1, 0.15) is 5.52 Å². The number of para-hydroxylation sites is 2. The summed E-state index contributed by atoms with van der Waals surface area (Å²) in [5, 5.41) is 0. The van der Waals surface area contributed by atoms with Gasteiger partial charge in [0.25, 0.3) is 0 Å². The summed E-state index contributed by atoms with van der Waals surface area (Å²) in [6.45, 7) is 2.28. The predicted octanol–water partition coefficient (Wildman–Crippen LogP) is 3.49. The fourth-order valence-corrected chi connectivity index (χ4v) is 1.98. The van der Waals surface area contributed by atoms with E-state index in [1.54, 1.807) is 0 Å². The molecule has 0 radical (unpaired) electrons. The molecule has 0 bridgehead atoms. The third-order valence-electron chi connectivity index (χ3n) is 2.92. The molecule has 4 heteroatoms. The van der Waals surface area contributed by atoms with Gasteiger partial charge < -0.3 is 9.15 Å². The molecule has 2 rings (SSSR count). The minimum absolute atomic E-state index is 0.107. The Morgan fingerprint density at radius 1 is 1.26 bits per heavy atom. The summed E-state index contributed by atoms with van der Waals surface area (Å²) in [4.78, 5) is 15.6. The number of fused-ring (bicyclic) bond motifs is 1. The van der Waals surface area contributed by atoms with Gasteiger partial charge >= 0.3 is 5.97 Å². The first-order valence-corrected chi connectivity index (χ1v) is 6.79. The molecule has 1 heterocycles. The van der Waals surface area contributed by atoms with E-state index in [0.29, 0.717) is 13.0 Å². The van der Waals surface area contributed by atoms with Crippen LogP contribution >= 0.6 is 0 Å². The van der Waals surface area contributed by atoms with E-state index in [-0.39, 0.29) is 5.97 Å². The van der Waals surface area contributed by atoms with Gasteiger partial charge in [0.05, 0.1) is 6.61 Å². The van der Waals surface area contributed by atoms with Crippen molar-refractivity contribution in [1.82, 2.24) is 4.98 Å². The standard InChI is InChI=1S/C15H19NO3/c1-2-18-15(17)11-5-3-4-10-14-16-12-8-6-7-9-13(12)19-14/h6-9H,2-5,10-11H2,1H3. The van der Waals surface area contributed by atoms with Crippen LogP contribution in [0.3, 0.4) is 0 Å². The Morgan fingerprint density at radius 3 is 2.89 bits per heavy atom. The third-order valence-corrected chi connectivity index (χ3v) is 2.92. The van der Waals surface area contributed by atoms with Crippen molar-refractivity contribution in [2.45, 2.75) is 39.0 Å². The number of aromatic nitrogens is 1. The van der Waals surface area contributed by atoms with Crippen molar-refractivity contribution in [3.63, 3.8) is 0 Å². The molecule has 0 unspecified atom stereocenters. The zero-order valence-electron chi connectivity index (χ0n) is 11.2. The molecule has 0 fully saturated rings. The maximum absolute atomic E-state index is 11.1. The summed E-state index contributed by atoms with van der Waals surface area (Å²) in [7, 11) is 0. The van der Waals surface area contributed by atoms with Gasteiger partial charge in [0.15, 0.2) is 11.5 Å². The van der Waals surface area contributed by atoms with Crippen molar-refractivity contribution in [3.05, 3.63) is 30.2 Å². The molecule has 0 saturated carbocycles. The fourth-order valence-electron chi connectivity index (χ4n) is 1.98. The number of hydrogen-bond acceptors (Lipinski definition) is 4. The molecular formula is C15H19NO3. The van der Waals surface area contributed by atoms with Gasteiger partial charge in [-0.05, 0) is 31.9 Å². The number of esters is 1. The van der Waals surface area contributed by atoms with Gasteiger partial charge in [-0.1, -0.05) is 18.6 Å². The monoisotopic (exact) mass is 261 g/mol. The highest BCUT2D eigenvalue weighted by Crippen LogP contribution is 2.16. The zero-order chi connectivity index (χ0) is 13.5. The second-order valence-electron chi connectivity index (χ2n) is 4.44. The Morgan fingerprint density at radius 2 is 2.11 bits per heavy atom. The molecule has 0 saturated heterocycles.